The number of hydrogen-bond acceptors (Lipinski definition) is 4. The van der Waals surface area contributed by atoms with E-state index >= 15 is 0 Å². The largest absolute Gasteiger partial charge is 0.497 e. The topological polar surface area (TPSA) is 65.4 Å². The summed E-state index contributed by atoms with van der Waals surface area (Å²) in [7, 11) is 3.24. The fourth-order valence-electron chi connectivity index (χ4n) is 3.90. The second kappa shape index (κ2) is 9.36. The van der Waals surface area contributed by atoms with E-state index in [1.807, 2.05) is 60.0 Å². The first-order valence-electron chi connectivity index (χ1n) is 11.0. The highest BCUT2D eigenvalue weighted by molar-refractivity contribution is 5.93. The van der Waals surface area contributed by atoms with Crippen LogP contribution in [0.1, 0.15) is 30.9 Å². The van der Waals surface area contributed by atoms with Gasteiger partial charge in [-0.3, -0.25) is 4.79 Å². The number of rotatable bonds is 7. The molecule has 0 bridgehead atoms. The number of fused-ring (bicyclic) bond motifs is 1. The van der Waals surface area contributed by atoms with E-state index in [0.29, 0.717) is 23.2 Å². The van der Waals surface area contributed by atoms with Crippen LogP contribution in [0.5, 0.6) is 11.5 Å². The van der Waals surface area contributed by atoms with Crippen molar-refractivity contribution in [2.24, 2.45) is 0 Å². The van der Waals surface area contributed by atoms with E-state index < -0.39 is 0 Å². The van der Waals surface area contributed by atoms with Gasteiger partial charge in [0.2, 0.25) is 5.91 Å². The summed E-state index contributed by atoms with van der Waals surface area (Å²) in [5.41, 5.74) is 5.49. The quantitative estimate of drug-likeness (QED) is 0.393. The predicted octanol–water partition coefficient (Wildman–Crippen LogP) is 5.79. The second-order valence-electron chi connectivity index (χ2n) is 8.35. The fourth-order valence-corrected chi connectivity index (χ4v) is 3.90. The number of aryl methyl sites for hydroxylation is 1. The van der Waals surface area contributed by atoms with Gasteiger partial charge in [0.15, 0.2) is 0 Å². The van der Waals surface area contributed by atoms with Gasteiger partial charge in [-0.1, -0.05) is 38.1 Å². The number of imidazole rings is 1. The van der Waals surface area contributed by atoms with Gasteiger partial charge in [-0.25, -0.2) is 4.98 Å². The van der Waals surface area contributed by atoms with E-state index in [1.54, 1.807) is 14.2 Å². The molecule has 0 aliphatic heterocycles. The number of para-hydroxylation sites is 2. The maximum Gasteiger partial charge on any atom is 0.244 e. The van der Waals surface area contributed by atoms with Gasteiger partial charge in [0.1, 0.15) is 23.9 Å². The first-order valence-corrected chi connectivity index (χ1v) is 11.0. The predicted molar refractivity (Wildman–Crippen MR) is 132 cm³/mol. The standard InChI is InChI=1S/C27H29N3O3/c1-17(2)19-11-10-18(3)23(14-19)28-26(31)16-30-24-9-7-6-8-22(24)29-27(30)21-15-20(32-4)12-13-25(21)33-5/h6-15,17H,16H2,1-5H3,(H,28,31). The third-order valence-electron chi connectivity index (χ3n) is 5.81. The number of carbonyl (C=O) groups excluding carboxylic acids is 1. The molecule has 4 rings (SSSR count). The zero-order valence-corrected chi connectivity index (χ0v) is 19.7. The Morgan fingerprint density at radius 2 is 1.82 bits per heavy atom. The van der Waals surface area contributed by atoms with Crippen LogP contribution in [-0.2, 0) is 11.3 Å². The molecule has 0 spiro atoms. The lowest BCUT2D eigenvalue weighted by Crippen LogP contribution is -2.20. The minimum Gasteiger partial charge on any atom is -0.497 e. The van der Waals surface area contributed by atoms with Gasteiger partial charge in [0.25, 0.3) is 0 Å². The van der Waals surface area contributed by atoms with E-state index in [2.05, 4.69) is 31.3 Å². The smallest absolute Gasteiger partial charge is 0.244 e. The lowest BCUT2D eigenvalue weighted by atomic mass is 10.0. The molecule has 33 heavy (non-hydrogen) atoms. The summed E-state index contributed by atoms with van der Waals surface area (Å²) in [6.07, 6.45) is 0. The Hall–Kier alpha value is -3.80. The van der Waals surface area contributed by atoms with Crippen molar-refractivity contribution in [1.82, 2.24) is 9.55 Å². The Kier molecular flexibility index (Phi) is 6.36. The van der Waals surface area contributed by atoms with Crippen LogP contribution in [0.2, 0.25) is 0 Å². The van der Waals surface area contributed by atoms with Crippen molar-refractivity contribution in [1.29, 1.82) is 0 Å². The Labute approximate surface area is 194 Å². The van der Waals surface area contributed by atoms with Crippen LogP contribution >= 0.6 is 0 Å². The molecule has 0 aliphatic rings. The molecule has 0 saturated carbocycles. The van der Waals surface area contributed by atoms with E-state index in [-0.39, 0.29) is 12.5 Å². The number of carbonyl (C=O) groups is 1. The van der Waals surface area contributed by atoms with Crippen molar-refractivity contribution in [2.75, 3.05) is 19.5 Å². The fraction of sp³-hybridized carbons (Fsp3) is 0.259. The molecule has 1 N–H and O–H groups in total. The van der Waals surface area contributed by atoms with Crippen LogP contribution in [0.25, 0.3) is 22.4 Å². The van der Waals surface area contributed by atoms with Crippen LogP contribution in [0.3, 0.4) is 0 Å². The Morgan fingerprint density at radius 1 is 1.03 bits per heavy atom. The van der Waals surface area contributed by atoms with Gasteiger partial charge in [-0.2, -0.15) is 0 Å². The zero-order chi connectivity index (χ0) is 23.5. The molecule has 0 aliphatic carbocycles. The van der Waals surface area contributed by atoms with Gasteiger partial charge in [-0.15, -0.1) is 0 Å². The van der Waals surface area contributed by atoms with E-state index in [4.69, 9.17) is 14.5 Å². The first-order chi connectivity index (χ1) is 15.9. The van der Waals surface area contributed by atoms with Crippen molar-refractivity contribution in [3.05, 3.63) is 71.8 Å². The van der Waals surface area contributed by atoms with Crippen LogP contribution in [-0.4, -0.2) is 29.7 Å². The SMILES string of the molecule is COc1ccc(OC)c(-c2nc3ccccc3n2CC(=O)Nc2cc(C(C)C)ccc2C)c1. The summed E-state index contributed by atoms with van der Waals surface area (Å²) in [5, 5.41) is 3.09. The first kappa shape index (κ1) is 22.4. The Morgan fingerprint density at radius 3 is 2.55 bits per heavy atom. The molecule has 6 nitrogen and oxygen atoms in total. The normalized spacial score (nSPS) is 11.1. The minimum absolute atomic E-state index is 0.113. The molecular weight excluding hydrogens is 414 g/mol. The molecular formula is C27H29N3O3. The number of amides is 1. The summed E-state index contributed by atoms with van der Waals surface area (Å²) < 4.78 is 12.9. The lowest BCUT2D eigenvalue weighted by Gasteiger charge is -2.15. The van der Waals surface area contributed by atoms with Crippen molar-refractivity contribution >= 4 is 22.6 Å². The number of hydrogen-bond donors (Lipinski definition) is 1. The molecule has 170 valence electrons. The monoisotopic (exact) mass is 443 g/mol. The number of nitrogens with one attached hydrogen (secondary N) is 1. The summed E-state index contributed by atoms with van der Waals surface area (Å²) in [6, 6.07) is 19.6. The molecule has 1 aromatic heterocycles. The number of anilines is 1. The third kappa shape index (κ3) is 4.55. The number of methoxy groups -OCH3 is 2. The van der Waals surface area contributed by atoms with Gasteiger partial charge >= 0.3 is 0 Å². The molecule has 1 heterocycles. The Bertz CT molecular complexity index is 1310. The second-order valence-corrected chi connectivity index (χ2v) is 8.35. The summed E-state index contributed by atoms with van der Waals surface area (Å²) in [6.45, 7) is 6.39. The van der Waals surface area contributed by atoms with Crippen LogP contribution < -0.4 is 14.8 Å². The molecule has 4 aromatic rings. The maximum absolute atomic E-state index is 13.2. The molecule has 1 amide bonds. The van der Waals surface area contributed by atoms with E-state index in [9.17, 15) is 4.79 Å². The van der Waals surface area contributed by atoms with E-state index in [0.717, 1.165) is 27.8 Å². The highest BCUT2D eigenvalue weighted by Gasteiger charge is 2.19. The molecule has 0 fully saturated rings. The average Bonchev–Trinajstić information content (AvgIpc) is 3.18. The van der Waals surface area contributed by atoms with Gasteiger partial charge in [0.05, 0.1) is 30.8 Å². The van der Waals surface area contributed by atoms with Crippen molar-refractivity contribution in [3.8, 4) is 22.9 Å². The lowest BCUT2D eigenvalue weighted by molar-refractivity contribution is -0.116. The van der Waals surface area contributed by atoms with Crippen LogP contribution in [0.15, 0.2) is 60.7 Å². The van der Waals surface area contributed by atoms with Crippen LogP contribution in [0, 0.1) is 6.92 Å². The minimum atomic E-state index is -0.120. The zero-order valence-electron chi connectivity index (χ0n) is 19.7. The molecule has 0 atom stereocenters. The molecule has 3 aromatic carbocycles. The molecule has 0 radical (unpaired) electrons. The number of aromatic nitrogens is 2. The van der Waals surface area contributed by atoms with Gasteiger partial charge in [-0.05, 0) is 60.4 Å². The van der Waals surface area contributed by atoms with Crippen molar-refractivity contribution in [3.63, 3.8) is 0 Å². The molecule has 0 unspecified atom stereocenters. The van der Waals surface area contributed by atoms with Crippen molar-refractivity contribution < 1.29 is 14.3 Å². The van der Waals surface area contributed by atoms with Crippen LogP contribution in [0.4, 0.5) is 5.69 Å². The van der Waals surface area contributed by atoms with Gasteiger partial charge < -0.3 is 19.4 Å². The number of nitrogens with zero attached hydrogens (tertiary/aromatic N) is 2. The van der Waals surface area contributed by atoms with Crippen molar-refractivity contribution in [2.45, 2.75) is 33.2 Å². The van der Waals surface area contributed by atoms with E-state index in [1.165, 1.54) is 5.56 Å². The van der Waals surface area contributed by atoms with Gasteiger partial charge in [0, 0.05) is 5.69 Å². The molecule has 6 heteroatoms. The summed E-state index contributed by atoms with van der Waals surface area (Å²) in [4.78, 5) is 18.0. The summed E-state index contributed by atoms with van der Waals surface area (Å²) in [5.74, 6) is 2.26. The summed E-state index contributed by atoms with van der Waals surface area (Å²) >= 11 is 0. The average molecular weight is 444 g/mol. The number of benzene rings is 3. The number of ether oxygens (including phenoxy) is 2. The molecule has 0 saturated heterocycles. The third-order valence-corrected chi connectivity index (χ3v) is 5.81. The highest BCUT2D eigenvalue weighted by atomic mass is 16.5. The maximum atomic E-state index is 13.2. The Balaban J connectivity index is 1.75. The highest BCUT2D eigenvalue weighted by Crippen LogP contribution is 2.35.